The molecule has 3 aliphatic rings. The lowest BCUT2D eigenvalue weighted by atomic mass is 9.61. The molecule has 0 radical (unpaired) electrons. The Morgan fingerprint density at radius 1 is 0.971 bits per heavy atom. The van der Waals surface area contributed by atoms with Crippen molar-refractivity contribution < 1.29 is 9.15 Å². The first-order valence-corrected chi connectivity index (χ1v) is 12.7. The van der Waals surface area contributed by atoms with Crippen LogP contribution in [-0.2, 0) is 26.1 Å². The molecule has 1 aromatic carbocycles. The highest BCUT2D eigenvalue weighted by Crippen LogP contribution is 2.50. The maximum Gasteiger partial charge on any atom is 0.227 e. The first-order valence-electron chi connectivity index (χ1n) is 12.7. The summed E-state index contributed by atoms with van der Waals surface area (Å²) in [6.45, 7) is 5.43. The molecule has 3 aromatic rings. The molecule has 2 aromatic heterocycles. The highest BCUT2D eigenvalue weighted by Gasteiger charge is 2.47. The fourth-order valence-corrected chi connectivity index (χ4v) is 5.89. The third-order valence-electron chi connectivity index (χ3n) is 7.96. The maximum absolute atomic E-state index is 12.7. The number of nitrogens with zero attached hydrogens (tertiary/aromatic N) is 4. The maximum atomic E-state index is 12.7. The van der Waals surface area contributed by atoms with E-state index in [1.165, 1.54) is 17.4 Å². The smallest absolute Gasteiger partial charge is 0.227 e. The standard InChI is InChI=1S/C28H32N4O3/c33-25-14-23(18-32-11-6-21-4-1-2-5-22(21)17-32)34-20-26(25)35-24-15-28(16-24)7-12-31(13-8-28)19-27-29-9-3-10-30-27/h1-5,9-10,14,20,24H,6-8,11-13,15-19H2. The summed E-state index contributed by atoms with van der Waals surface area (Å²) in [4.78, 5) is 26.2. The highest BCUT2D eigenvalue weighted by molar-refractivity contribution is 5.29. The van der Waals surface area contributed by atoms with Gasteiger partial charge in [-0.2, -0.15) is 0 Å². The molecule has 182 valence electrons. The van der Waals surface area contributed by atoms with E-state index in [2.05, 4.69) is 44.0 Å². The number of aromatic nitrogens is 2. The quantitative estimate of drug-likeness (QED) is 0.540. The largest absolute Gasteiger partial charge is 0.483 e. The Balaban J connectivity index is 0.985. The van der Waals surface area contributed by atoms with Crippen LogP contribution in [0.4, 0.5) is 0 Å². The van der Waals surface area contributed by atoms with Crippen LogP contribution in [0.3, 0.4) is 0 Å². The van der Waals surface area contributed by atoms with Gasteiger partial charge in [-0.3, -0.25) is 14.6 Å². The summed E-state index contributed by atoms with van der Waals surface area (Å²) >= 11 is 0. The minimum Gasteiger partial charge on any atom is -0.483 e. The first kappa shape index (κ1) is 22.4. The fraction of sp³-hybridized carbons (Fsp3) is 0.464. The van der Waals surface area contributed by atoms with E-state index in [1.54, 1.807) is 18.5 Å². The van der Waals surface area contributed by atoms with Crippen LogP contribution in [0, 0.1) is 5.41 Å². The van der Waals surface area contributed by atoms with Crippen molar-refractivity contribution >= 4 is 0 Å². The molecule has 1 saturated heterocycles. The normalized spacial score (nSPS) is 20.3. The topological polar surface area (TPSA) is 71.7 Å². The molecule has 35 heavy (non-hydrogen) atoms. The molecule has 0 atom stereocenters. The number of piperidine rings is 1. The Morgan fingerprint density at radius 3 is 2.51 bits per heavy atom. The molecular formula is C28H32N4O3. The zero-order valence-electron chi connectivity index (χ0n) is 20.1. The monoisotopic (exact) mass is 472 g/mol. The van der Waals surface area contributed by atoms with Crippen molar-refractivity contribution in [3.63, 3.8) is 0 Å². The van der Waals surface area contributed by atoms with Gasteiger partial charge in [-0.05, 0) is 67.8 Å². The molecule has 7 nitrogen and oxygen atoms in total. The zero-order chi connectivity index (χ0) is 23.7. The van der Waals surface area contributed by atoms with Crippen LogP contribution in [-0.4, -0.2) is 45.5 Å². The van der Waals surface area contributed by atoms with E-state index >= 15 is 0 Å². The van der Waals surface area contributed by atoms with Crippen molar-refractivity contribution in [1.29, 1.82) is 0 Å². The Labute approximate surface area is 205 Å². The van der Waals surface area contributed by atoms with E-state index in [4.69, 9.17) is 9.15 Å². The molecule has 2 aliphatic heterocycles. The number of ether oxygens (including phenoxy) is 1. The lowest BCUT2D eigenvalue weighted by Gasteiger charge is -2.51. The average molecular weight is 473 g/mol. The molecule has 4 heterocycles. The van der Waals surface area contributed by atoms with Crippen molar-refractivity contribution in [2.45, 2.75) is 57.8 Å². The van der Waals surface area contributed by atoms with Crippen molar-refractivity contribution in [3.05, 3.63) is 88.0 Å². The Morgan fingerprint density at radius 2 is 1.74 bits per heavy atom. The van der Waals surface area contributed by atoms with Crippen molar-refractivity contribution in [1.82, 2.24) is 19.8 Å². The van der Waals surface area contributed by atoms with Gasteiger partial charge in [0.1, 0.15) is 24.0 Å². The summed E-state index contributed by atoms with van der Waals surface area (Å²) in [6.07, 6.45) is 10.6. The number of hydrogen-bond acceptors (Lipinski definition) is 7. The van der Waals surface area contributed by atoms with E-state index < -0.39 is 0 Å². The third-order valence-corrected chi connectivity index (χ3v) is 7.96. The summed E-state index contributed by atoms with van der Waals surface area (Å²) in [7, 11) is 0. The molecule has 0 bridgehead atoms. The van der Waals surface area contributed by atoms with Gasteiger partial charge in [0, 0.05) is 31.5 Å². The molecule has 7 heteroatoms. The van der Waals surface area contributed by atoms with E-state index in [1.807, 2.05) is 6.07 Å². The van der Waals surface area contributed by atoms with E-state index in [9.17, 15) is 4.79 Å². The predicted molar refractivity (Wildman–Crippen MR) is 132 cm³/mol. The number of fused-ring (bicyclic) bond motifs is 1. The van der Waals surface area contributed by atoms with Gasteiger partial charge in [-0.15, -0.1) is 0 Å². The van der Waals surface area contributed by atoms with Crippen LogP contribution in [0.25, 0.3) is 0 Å². The first-order chi connectivity index (χ1) is 17.1. The lowest BCUT2D eigenvalue weighted by molar-refractivity contribution is -0.0578. The number of benzene rings is 1. The summed E-state index contributed by atoms with van der Waals surface area (Å²) in [5.41, 5.74) is 3.05. The van der Waals surface area contributed by atoms with Crippen LogP contribution in [0.15, 0.2) is 64.3 Å². The highest BCUT2D eigenvalue weighted by atomic mass is 16.5. The van der Waals surface area contributed by atoms with Crippen LogP contribution >= 0.6 is 0 Å². The molecule has 0 amide bonds. The zero-order valence-corrected chi connectivity index (χ0v) is 20.1. The molecule has 2 fully saturated rings. The van der Waals surface area contributed by atoms with Crippen LogP contribution < -0.4 is 10.2 Å². The summed E-state index contributed by atoms with van der Waals surface area (Å²) in [6, 6.07) is 12.0. The third kappa shape index (κ3) is 5.02. The van der Waals surface area contributed by atoms with Crippen molar-refractivity contribution in [2.24, 2.45) is 5.41 Å². The average Bonchev–Trinajstić information content (AvgIpc) is 2.86. The summed E-state index contributed by atoms with van der Waals surface area (Å²) < 4.78 is 11.9. The molecular weight excluding hydrogens is 440 g/mol. The van der Waals surface area contributed by atoms with Gasteiger partial charge in [0.2, 0.25) is 11.2 Å². The predicted octanol–water partition coefficient (Wildman–Crippen LogP) is 3.81. The van der Waals surface area contributed by atoms with E-state index in [-0.39, 0.29) is 11.5 Å². The lowest BCUT2D eigenvalue weighted by Crippen LogP contribution is -2.51. The van der Waals surface area contributed by atoms with Gasteiger partial charge >= 0.3 is 0 Å². The van der Waals surface area contributed by atoms with Gasteiger partial charge in [0.15, 0.2) is 0 Å². The summed E-state index contributed by atoms with van der Waals surface area (Å²) in [5.74, 6) is 1.93. The molecule has 6 rings (SSSR count). The van der Waals surface area contributed by atoms with Crippen molar-refractivity contribution in [2.75, 3.05) is 19.6 Å². The second-order valence-corrected chi connectivity index (χ2v) is 10.4. The van der Waals surface area contributed by atoms with Gasteiger partial charge in [-0.1, -0.05) is 24.3 Å². The van der Waals surface area contributed by atoms with E-state index in [0.29, 0.717) is 23.5 Å². The van der Waals surface area contributed by atoms with Crippen LogP contribution in [0.5, 0.6) is 5.75 Å². The Kier molecular flexibility index (Phi) is 6.12. The minimum atomic E-state index is -0.0812. The molecule has 1 saturated carbocycles. The Bertz CT molecular complexity index is 1210. The van der Waals surface area contributed by atoms with Gasteiger partial charge in [-0.25, -0.2) is 9.97 Å². The molecule has 1 spiro atoms. The van der Waals surface area contributed by atoms with Crippen molar-refractivity contribution in [3.8, 4) is 5.75 Å². The molecule has 0 unspecified atom stereocenters. The SMILES string of the molecule is O=c1cc(CN2CCc3ccccc3C2)occ1OC1CC2(CCN(Cc3ncccn3)CC2)C1. The second kappa shape index (κ2) is 9.55. The molecule has 0 N–H and O–H groups in total. The van der Waals surface area contributed by atoms with Gasteiger partial charge < -0.3 is 9.15 Å². The molecule has 1 aliphatic carbocycles. The number of likely N-dealkylation sites (tertiary alicyclic amines) is 1. The minimum absolute atomic E-state index is 0.0812. The number of rotatable bonds is 6. The number of hydrogen-bond donors (Lipinski definition) is 0. The van der Waals surface area contributed by atoms with Crippen LogP contribution in [0.1, 0.15) is 48.4 Å². The summed E-state index contributed by atoms with van der Waals surface area (Å²) in [5, 5.41) is 0. The van der Waals surface area contributed by atoms with Crippen LogP contribution in [0.2, 0.25) is 0 Å². The van der Waals surface area contributed by atoms with Gasteiger partial charge in [0.05, 0.1) is 13.1 Å². The fourth-order valence-electron chi connectivity index (χ4n) is 5.89. The Hall–Kier alpha value is -3.03. The second-order valence-electron chi connectivity index (χ2n) is 10.4. The van der Waals surface area contributed by atoms with E-state index in [0.717, 1.165) is 70.7 Å². The van der Waals surface area contributed by atoms with Gasteiger partial charge in [0.25, 0.3) is 0 Å².